The van der Waals surface area contributed by atoms with Gasteiger partial charge in [-0.05, 0) is 24.6 Å². The van der Waals surface area contributed by atoms with Gasteiger partial charge in [0.1, 0.15) is 5.01 Å². The third-order valence-corrected chi connectivity index (χ3v) is 4.46. The number of hydrogen-bond acceptors (Lipinski definition) is 3. The number of aromatic nitrogens is 1. The largest absolute Gasteiger partial charge is 0.294 e. The highest BCUT2D eigenvalue weighted by Crippen LogP contribution is 2.25. The number of aryl methyl sites for hydroxylation is 1. The fourth-order valence-electron chi connectivity index (χ4n) is 1.91. The quantitative estimate of drug-likeness (QED) is 0.733. The topological polar surface area (TPSA) is 30.0 Å². The van der Waals surface area contributed by atoms with E-state index < -0.39 is 0 Å². The zero-order valence-corrected chi connectivity index (χ0v) is 14.6. The van der Waals surface area contributed by atoms with E-state index in [-0.39, 0.29) is 11.2 Å². The fourth-order valence-corrected chi connectivity index (χ4v) is 3.40. The number of halogens is 1. The molecule has 106 valence electrons. The first-order chi connectivity index (χ1) is 9.27. The number of thiazole rings is 1. The fraction of sp³-hybridized carbons (Fsp3) is 0.375. The van der Waals surface area contributed by atoms with Crippen LogP contribution in [0, 0.1) is 6.92 Å². The Balaban J connectivity index is 2.17. The van der Waals surface area contributed by atoms with Gasteiger partial charge in [-0.25, -0.2) is 4.98 Å². The molecule has 0 fully saturated rings. The van der Waals surface area contributed by atoms with Crippen LogP contribution in [0.3, 0.4) is 0 Å². The molecule has 0 aliphatic heterocycles. The summed E-state index contributed by atoms with van der Waals surface area (Å²) < 4.78 is 0.996. The molecule has 20 heavy (non-hydrogen) atoms. The average Bonchev–Trinajstić information content (AvgIpc) is 2.76. The van der Waals surface area contributed by atoms with E-state index in [0.717, 1.165) is 26.3 Å². The minimum absolute atomic E-state index is 0.0331. The van der Waals surface area contributed by atoms with Crippen molar-refractivity contribution < 1.29 is 4.79 Å². The summed E-state index contributed by atoms with van der Waals surface area (Å²) in [6, 6.07) is 5.75. The van der Waals surface area contributed by atoms with E-state index in [9.17, 15) is 4.79 Å². The van der Waals surface area contributed by atoms with Crippen molar-refractivity contribution in [3.05, 3.63) is 49.9 Å². The first kappa shape index (κ1) is 15.4. The number of hydrogen-bond donors (Lipinski definition) is 0. The number of carbonyl (C=O) groups is 1. The molecule has 1 aromatic carbocycles. The first-order valence-corrected chi connectivity index (χ1v) is 8.19. The molecule has 0 saturated carbocycles. The summed E-state index contributed by atoms with van der Waals surface area (Å²) in [4.78, 5) is 16.9. The van der Waals surface area contributed by atoms with Gasteiger partial charge in [-0.3, -0.25) is 4.79 Å². The second-order valence-corrected chi connectivity index (χ2v) is 7.79. The predicted molar refractivity (Wildman–Crippen MR) is 87.7 cm³/mol. The van der Waals surface area contributed by atoms with Gasteiger partial charge in [0.15, 0.2) is 5.78 Å². The van der Waals surface area contributed by atoms with Crippen molar-refractivity contribution in [3.63, 3.8) is 0 Å². The van der Waals surface area contributed by atoms with Crippen LogP contribution >= 0.6 is 27.3 Å². The number of benzene rings is 1. The molecule has 2 aromatic rings. The first-order valence-electron chi connectivity index (χ1n) is 6.51. The molecule has 2 rings (SSSR count). The molecule has 0 radical (unpaired) electrons. The van der Waals surface area contributed by atoms with Crippen LogP contribution in [0.5, 0.6) is 0 Å². The molecular formula is C16H18BrNOS. The molecule has 0 spiro atoms. The maximum atomic E-state index is 12.4. The van der Waals surface area contributed by atoms with E-state index in [2.05, 4.69) is 47.1 Å². The standard InChI is InChI=1S/C16H18BrNOS/c1-10-7-11(17)5-6-12(10)13(19)8-15-18-14(9-20-15)16(2,3)4/h5-7,9H,8H2,1-4H3. The lowest BCUT2D eigenvalue weighted by Gasteiger charge is -2.14. The van der Waals surface area contributed by atoms with Gasteiger partial charge in [0.2, 0.25) is 0 Å². The highest BCUT2D eigenvalue weighted by molar-refractivity contribution is 9.10. The molecule has 2 nitrogen and oxygen atoms in total. The summed E-state index contributed by atoms with van der Waals surface area (Å²) >= 11 is 4.98. The molecule has 1 aromatic heterocycles. The molecule has 0 bridgehead atoms. The Morgan fingerprint density at radius 1 is 1.35 bits per heavy atom. The maximum absolute atomic E-state index is 12.4. The Morgan fingerprint density at radius 2 is 2.05 bits per heavy atom. The number of Topliss-reactive ketones (excluding diaryl/α,β-unsaturated/α-hetero) is 1. The Hall–Kier alpha value is -1.00. The van der Waals surface area contributed by atoms with Gasteiger partial charge in [-0.1, -0.05) is 42.8 Å². The van der Waals surface area contributed by atoms with Crippen LogP contribution in [0.2, 0.25) is 0 Å². The summed E-state index contributed by atoms with van der Waals surface area (Å²) in [7, 11) is 0. The average molecular weight is 352 g/mol. The van der Waals surface area contributed by atoms with E-state index in [1.807, 2.05) is 25.1 Å². The van der Waals surface area contributed by atoms with Crippen LogP contribution in [0.1, 0.15) is 47.4 Å². The third kappa shape index (κ3) is 3.55. The third-order valence-electron chi connectivity index (χ3n) is 3.12. The maximum Gasteiger partial charge on any atom is 0.169 e. The van der Waals surface area contributed by atoms with Crippen LogP contribution in [-0.2, 0) is 11.8 Å². The van der Waals surface area contributed by atoms with Gasteiger partial charge in [0.25, 0.3) is 0 Å². The van der Waals surface area contributed by atoms with Crippen molar-refractivity contribution in [2.24, 2.45) is 0 Å². The van der Waals surface area contributed by atoms with Crippen LogP contribution in [-0.4, -0.2) is 10.8 Å². The second-order valence-electron chi connectivity index (χ2n) is 5.94. The predicted octanol–water partition coefficient (Wildman–Crippen LogP) is 4.94. The Labute approximate surface area is 132 Å². The zero-order valence-electron chi connectivity index (χ0n) is 12.2. The van der Waals surface area contributed by atoms with E-state index in [1.165, 1.54) is 0 Å². The number of ketones is 1. The van der Waals surface area contributed by atoms with Crippen molar-refractivity contribution in [1.29, 1.82) is 0 Å². The monoisotopic (exact) mass is 351 g/mol. The SMILES string of the molecule is Cc1cc(Br)ccc1C(=O)Cc1nc(C(C)(C)C)cs1. The normalized spacial score (nSPS) is 11.7. The van der Waals surface area contributed by atoms with Crippen LogP contribution < -0.4 is 0 Å². The number of carbonyl (C=O) groups excluding carboxylic acids is 1. The van der Waals surface area contributed by atoms with E-state index in [0.29, 0.717) is 6.42 Å². The van der Waals surface area contributed by atoms with Crippen molar-refractivity contribution in [2.75, 3.05) is 0 Å². The molecule has 0 aliphatic rings. The van der Waals surface area contributed by atoms with Gasteiger partial charge < -0.3 is 0 Å². The lowest BCUT2D eigenvalue weighted by Crippen LogP contribution is -2.12. The Kier molecular flexibility index (Phi) is 4.45. The van der Waals surface area contributed by atoms with Crippen molar-refractivity contribution >= 4 is 33.0 Å². The van der Waals surface area contributed by atoms with Gasteiger partial charge in [0, 0.05) is 20.8 Å². The van der Waals surface area contributed by atoms with Crippen LogP contribution in [0.4, 0.5) is 0 Å². The lowest BCUT2D eigenvalue weighted by atomic mass is 9.93. The zero-order chi connectivity index (χ0) is 14.9. The molecule has 0 saturated heterocycles. The minimum atomic E-state index is 0.0331. The van der Waals surface area contributed by atoms with Crippen LogP contribution in [0.25, 0.3) is 0 Å². The van der Waals surface area contributed by atoms with Gasteiger partial charge in [-0.15, -0.1) is 11.3 Å². The van der Waals surface area contributed by atoms with E-state index >= 15 is 0 Å². The van der Waals surface area contributed by atoms with Gasteiger partial charge in [-0.2, -0.15) is 0 Å². The van der Waals surface area contributed by atoms with E-state index in [4.69, 9.17) is 0 Å². The molecule has 0 N–H and O–H groups in total. The molecule has 0 amide bonds. The molecule has 4 heteroatoms. The summed E-state index contributed by atoms with van der Waals surface area (Å²) in [5.41, 5.74) is 2.86. The summed E-state index contributed by atoms with van der Waals surface area (Å²) in [6.45, 7) is 8.35. The van der Waals surface area contributed by atoms with Crippen molar-refractivity contribution in [3.8, 4) is 0 Å². The van der Waals surface area contributed by atoms with E-state index in [1.54, 1.807) is 11.3 Å². The smallest absolute Gasteiger partial charge is 0.169 e. The highest BCUT2D eigenvalue weighted by Gasteiger charge is 2.19. The Bertz CT molecular complexity index is 640. The molecule has 1 heterocycles. The Morgan fingerprint density at radius 3 is 2.60 bits per heavy atom. The number of nitrogens with zero attached hydrogens (tertiary/aromatic N) is 1. The second kappa shape index (κ2) is 5.78. The van der Waals surface area contributed by atoms with Gasteiger partial charge in [0.05, 0.1) is 12.1 Å². The minimum Gasteiger partial charge on any atom is -0.294 e. The molecular weight excluding hydrogens is 334 g/mol. The highest BCUT2D eigenvalue weighted by atomic mass is 79.9. The van der Waals surface area contributed by atoms with Crippen molar-refractivity contribution in [1.82, 2.24) is 4.98 Å². The summed E-state index contributed by atoms with van der Waals surface area (Å²) in [5, 5.41) is 2.94. The van der Waals surface area contributed by atoms with Crippen molar-refractivity contribution in [2.45, 2.75) is 39.5 Å². The van der Waals surface area contributed by atoms with Crippen LogP contribution in [0.15, 0.2) is 28.1 Å². The molecule has 0 aliphatic carbocycles. The van der Waals surface area contributed by atoms with Gasteiger partial charge >= 0.3 is 0 Å². The summed E-state index contributed by atoms with van der Waals surface area (Å²) in [5.74, 6) is 0.129. The lowest BCUT2D eigenvalue weighted by molar-refractivity contribution is 0.0992. The summed E-state index contributed by atoms with van der Waals surface area (Å²) in [6.07, 6.45) is 0.378. The number of rotatable bonds is 3. The molecule has 0 unspecified atom stereocenters. The molecule has 0 atom stereocenters.